The maximum Gasteiger partial charge on any atom is 0.313 e. The van der Waals surface area contributed by atoms with Gasteiger partial charge in [-0.3, -0.25) is 9.59 Å². The quantitative estimate of drug-likeness (QED) is 0.797. The fourth-order valence-electron chi connectivity index (χ4n) is 2.62. The highest BCUT2D eigenvalue weighted by Gasteiger charge is 2.35. The first-order chi connectivity index (χ1) is 10.7. The number of hydrogen-bond acceptors (Lipinski definition) is 4. The maximum absolute atomic E-state index is 12.3. The Kier molecular flexibility index (Phi) is 4.93. The molecule has 0 aliphatic carbocycles. The van der Waals surface area contributed by atoms with E-state index in [1.165, 1.54) is 23.1 Å². The molecule has 1 saturated heterocycles. The van der Waals surface area contributed by atoms with Crippen molar-refractivity contribution in [1.82, 2.24) is 4.90 Å². The van der Waals surface area contributed by atoms with Crippen molar-refractivity contribution in [3.8, 4) is 6.07 Å². The van der Waals surface area contributed by atoms with Crippen molar-refractivity contribution in [1.29, 1.82) is 5.26 Å². The predicted molar refractivity (Wildman–Crippen MR) is 86.0 cm³/mol. The summed E-state index contributed by atoms with van der Waals surface area (Å²) in [5.41, 5.74) is 0.179. The van der Waals surface area contributed by atoms with Crippen LogP contribution in [0, 0.1) is 11.3 Å². The van der Waals surface area contributed by atoms with Gasteiger partial charge in [-0.15, -0.1) is 0 Å². The Morgan fingerprint density at radius 2 is 2.17 bits per heavy atom. The van der Waals surface area contributed by atoms with Gasteiger partial charge in [-0.25, -0.2) is 0 Å². The topological polar surface area (TPSA) is 82.4 Å². The van der Waals surface area contributed by atoms with Crippen molar-refractivity contribution in [3.05, 3.63) is 28.8 Å². The van der Waals surface area contributed by atoms with E-state index in [9.17, 15) is 9.59 Å². The molecule has 0 bridgehead atoms. The second kappa shape index (κ2) is 6.57. The van der Waals surface area contributed by atoms with Gasteiger partial charge in [0.2, 0.25) is 0 Å². The zero-order valence-corrected chi connectivity index (χ0v) is 14.0. The molecule has 1 aromatic carbocycles. The van der Waals surface area contributed by atoms with Gasteiger partial charge >= 0.3 is 11.8 Å². The van der Waals surface area contributed by atoms with Gasteiger partial charge in [0.25, 0.3) is 0 Å². The van der Waals surface area contributed by atoms with Crippen molar-refractivity contribution < 1.29 is 14.3 Å². The SMILES string of the molecule is C[C@H]1CN(C(=O)C(=O)Nc2ccc(C#N)c(Cl)c2)CC(C)(C)O1. The number of nitrogens with one attached hydrogen (secondary N) is 1. The molecule has 6 nitrogen and oxygen atoms in total. The Hall–Kier alpha value is -2.10. The second-order valence-electron chi connectivity index (χ2n) is 6.13. The first-order valence-electron chi connectivity index (χ1n) is 7.19. The van der Waals surface area contributed by atoms with E-state index in [2.05, 4.69) is 5.32 Å². The number of carbonyl (C=O) groups is 2. The zero-order valence-electron chi connectivity index (χ0n) is 13.2. The van der Waals surface area contributed by atoms with Gasteiger partial charge in [-0.2, -0.15) is 5.26 Å². The van der Waals surface area contributed by atoms with Crippen LogP contribution in [0.15, 0.2) is 18.2 Å². The summed E-state index contributed by atoms with van der Waals surface area (Å²) >= 11 is 5.91. The highest BCUT2D eigenvalue weighted by Crippen LogP contribution is 2.22. The highest BCUT2D eigenvalue weighted by molar-refractivity contribution is 6.39. The largest absolute Gasteiger partial charge is 0.369 e. The van der Waals surface area contributed by atoms with Crippen LogP contribution in [0.2, 0.25) is 5.02 Å². The molecule has 1 aromatic rings. The number of nitriles is 1. The van der Waals surface area contributed by atoms with Crippen molar-refractivity contribution in [2.75, 3.05) is 18.4 Å². The summed E-state index contributed by atoms with van der Waals surface area (Å²) in [6.07, 6.45) is -0.139. The van der Waals surface area contributed by atoms with Crippen molar-refractivity contribution >= 4 is 29.1 Å². The Balaban J connectivity index is 2.07. The third kappa shape index (κ3) is 4.21. The van der Waals surface area contributed by atoms with Crippen LogP contribution in [-0.2, 0) is 14.3 Å². The molecule has 2 rings (SSSR count). The molecule has 0 aromatic heterocycles. The molecule has 23 heavy (non-hydrogen) atoms. The van der Waals surface area contributed by atoms with Gasteiger partial charge in [0.1, 0.15) is 6.07 Å². The van der Waals surface area contributed by atoms with Gasteiger partial charge < -0.3 is 15.0 Å². The molecular weight excluding hydrogens is 318 g/mol. The number of hydrogen-bond donors (Lipinski definition) is 1. The van der Waals surface area contributed by atoms with Crippen LogP contribution in [0.1, 0.15) is 26.3 Å². The van der Waals surface area contributed by atoms with Crippen molar-refractivity contribution in [2.24, 2.45) is 0 Å². The molecular formula is C16H18ClN3O3. The Morgan fingerprint density at radius 1 is 1.48 bits per heavy atom. The van der Waals surface area contributed by atoms with Crippen molar-refractivity contribution in [3.63, 3.8) is 0 Å². The lowest BCUT2D eigenvalue weighted by Crippen LogP contribution is -2.56. The number of amides is 2. The van der Waals surface area contributed by atoms with Gasteiger partial charge in [0, 0.05) is 18.8 Å². The molecule has 1 fully saturated rings. The summed E-state index contributed by atoms with van der Waals surface area (Å²) in [5.74, 6) is -1.36. The molecule has 7 heteroatoms. The molecule has 0 saturated carbocycles. The number of benzene rings is 1. The number of morpholine rings is 1. The van der Waals surface area contributed by atoms with Crippen LogP contribution in [0.25, 0.3) is 0 Å². The van der Waals surface area contributed by atoms with Crippen LogP contribution in [0.3, 0.4) is 0 Å². The monoisotopic (exact) mass is 335 g/mol. The lowest BCUT2D eigenvalue weighted by Gasteiger charge is -2.41. The van der Waals surface area contributed by atoms with Gasteiger partial charge in [-0.1, -0.05) is 11.6 Å². The standard InChI is InChI=1S/C16H18ClN3O3/c1-10-8-20(9-16(2,3)23-10)15(22)14(21)19-12-5-4-11(7-18)13(17)6-12/h4-6,10H,8-9H2,1-3H3,(H,19,21)/t10-/m0/s1. The van der Waals surface area contributed by atoms with Gasteiger partial charge in [-0.05, 0) is 39.0 Å². The molecule has 1 aliphatic heterocycles. The summed E-state index contributed by atoms with van der Waals surface area (Å²) in [4.78, 5) is 25.9. The molecule has 122 valence electrons. The summed E-state index contributed by atoms with van der Waals surface area (Å²) in [7, 11) is 0. The molecule has 0 unspecified atom stereocenters. The Morgan fingerprint density at radius 3 is 2.74 bits per heavy atom. The minimum Gasteiger partial charge on any atom is -0.369 e. The number of nitrogens with zero attached hydrogens (tertiary/aromatic N) is 2. The van der Waals surface area contributed by atoms with E-state index >= 15 is 0 Å². The second-order valence-corrected chi connectivity index (χ2v) is 6.54. The summed E-state index contributed by atoms with van der Waals surface area (Å²) in [6, 6.07) is 6.39. The first-order valence-corrected chi connectivity index (χ1v) is 7.57. The Labute approximate surface area is 140 Å². The van der Waals surface area contributed by atoms with Crippen LogP contribution >= 0.6 is 11.6 Å². The first kappa shape index (κ1) is 17.3. The molecule has 1 N–H and O–H groups in total. The number of carbonyl (C=O) groups excluding carboxylic acids is 2. The number of halogens is 1. The lowest BCUT2D eigenvalue weighted by molar-refractivity contribution is -0.161. The highest BCUT2D eigenvalue weighted by atomic mass is 35.5. The molecule has 2 amide bonds. The third-order valence-electron chi connectivity index (χ3n) is 3.40. The van der Waals surface area contributed by atoms with Crippen molar-refractivity contribution in [2.45, 2.75) is 32.5 Å². The van der Waals surface area contributed by atoms with Crippen LogP contribution < -0.4 is 5.32 Å². The number of ether oxygens (including phenoxy) is 1. The van der Waals surface area contributed by atoms with E-state index in [4.69, 9.17) is 21.6 Å². The smallest absolute Gasteiger partial charge is 0.313 e. The lowest BCUT2D eigenvalue weighted by atomic mass is 10.1. The zero-order chi connectivity index (χ0) is 17.2. The van der Waals surface area contributed by atoms with Crippen LogP contribution in [0.5, 0.6) is 0 Å². The molecule has 1 heterocycles. The number of anilines is 1. The van der Waals surface area contributed by atoms with Gasteiger partial charge in [0.05, 0.1) is 22.3 Å². The molecule has 1 atom stereocenters. The fourth-order valence-corrected chi connectivity index (χ4v) is 2.84. The molecule has 0 radical (unpaired) electrons. The van der Waals surface area contributed by atoms with E-state index in [-0.39, 0.29) is 11.1 Å². The van der Waals surface area contributed by atoms with E-state index in [0.29, 0.717) is 24.3 Å². The summed E-state index contributed by atoms with van der Waals surface area (Å²) in [6.45, 7) is 6.32. The third-order valence-corrected chi connectivity index (χ3v) is 3.71. The average Bonchev–Trinajstić information content (AvgIpc) is 2.44. The minimum absolute atomic E-state index is 0.139. The average molecular weight is 336 g/mol. The fraction of sp³-hybridized carbons (Fsp3) is 0.438. The van der Waals surface area contributed by atoms with E-state index in [0.717, 1.165) is 0 Å². The minimum atomic E-state index is -0.740. The number of rotatable bonds is 1. The summed E-state index contributed by atoms with van der Waals surface area (Å²) < 4.78 is 5.72. The van der Waals surface area contributed by atoms with E-state index in [1.54, 1.807) is 0 Å². The summed E-state index contributed by atoms with van der Waals surface area (Å²) in [5, 5.41) is 11.6. The predicted octanol–water partition coefficient (Wildman–Crippen LogP) is 2.18. The van der Waals surface area contributed by atoms with Gasteiger partial charge in [0.15, 0.2) is 0 Å². The van der Waals surface area contributed by atoms with Crippen LogP contribution in [0.4, 0.5) is 5.69 Å². The molecule has 1 aliphatic rings. The molecule has 0 spiro atoms. The Bertz CT molecular complexity index is 682. The van der Waals surface area contributed by atoms with Crippen LogP contribution in [-0.4, -0.2) is 41.5 Å². The van der Waals surface area contributed by atoms with E-state index < -0.39 is 17.4 Å². The van der Waals surface area contributed by atoms with E-state index in [1.807, 2.05) is 26.8 Å². The maximum atomic E-state index is 12.3. The normalized spacial score (nSPS) is 19.8.